The Kier molecular flexibility index (Phi) is 5.12. The summed E-state index contributed by atoms with van der Waals surface area (Å²) in [4.78, 5) is 12.9. The van der Waals surface area contributed by atoms with Crippen LogP contribution >= 0.6 is 0 Å². The van der Waals surface area contributed by atoms with Crippen LogP contribution in [-0.4, -0.2) is 38.1 Å². The number of hydrogen-bond donors (Lipinski definition) is 1. The molecule has 0 aromatic rings. The average molecular weight is 172 g/mol. The molecule has 0 aliphatic heterocycles. The lowest BCUT2D eigenvalue weighted by Crippen LogP contribution is -2.20. The van der Waals surface area contributed by atoms with E-state index in [1.807, 2.05) is 19.0 Å². The van der Waals surface area contributed by atoms with Crippen LogP contribution in [0.15, 0.2) is 11.8 Å². The Morgan fingerprint density at radius 3 is 2.58 bits per heavy atom. The Balaban J connectivity index is 3.58. The number of likely N-dealkylation sites (N-methyl/N-ethyl adjacent to an activating group) is 1. The molecule has 0 saturated heterocycles. The van der Waals surface area contributed by atoms with E-state index < -0.39 is 0 Å². The normalized spacial score (nSPS) is 11.8. The predicted octanol–water partition coefficient (Wildman–Crippen LogP) is -0.0463. The number of carbonyl (C=O) groups is 1. The molecule has 0 spiro atoms. The van der Waals surface area contributed by atoms with E-state index in [0.717, 1.165) is 6.54 Å². The summed E-state index contributed by atoms with van der Waals surface area (Å²) in [6.45, 7) is 2.75. The number of nitrogens with two attached hydrogens (primary N) is 1. The number of carbonyl (C=O) groups excluding carboxylic acids is 1. The van der Waals surface area contributed by atoms with E-state index in [4.69, 9.17) is 10.5 Å². The Bertz CT molecular complexity index is 176. The summed E-state index contributed by atoms with van der Waals surface area (Å²) in [7, 11) is 3.83. The SMILES string of the molecule is CC(=CN)C(=O)OCCN(C)C. The summed E-state index contributed by atoms with van der Waals surface area (Å²) < 4.78 is 4.88. The number of ether oxygens (including phenoxy) is 1. The summed E-state index contributed by atoms with van der Waals surface area (Å²) in [6.07, 6.45) is 1.25. The van der Waals surface area contributed by atoms with Crippen molar-refractivity contribution >= 4 is 5.97 Å². The topological polar surface area (TPSA) is 55.6 Å². The Morgan fingerprint density at radius 1 is 1.58 bits per heavy atom. The Hall–Kier alpha value is -1.03. The van der Waals surface area contributed by atoms with Crippen LogP contribution in [-0.2, 0) is 9.53 Å². The molecular formula is C8H16N2O2. The van der Waals surface area contributed by atoms with Crippen LogP contribution in [0.25, 0.3) is 0 Å². The molecule has 0 aromatic heterocycles. The quantitative estimate of drug-likeness (QED) is 0.477. The molecule has 4 nitrogen and oxygen atoms in total. The van der Waals surface area contributed by atoms with Crippen LogP contribution in [0.4, 0.5) is 0 Å². The van der Waals surface area contributed by atoms with Gasteiger partial charge in [0, 0.05) is 18.3 Å². The third-order valence-corrected chi connectivity index (χ3v) is 1.34. The monoisotopic (exact) mass is 172 g/mol. The van der Waals surface area contributed by atoms with Crippen molar-refractivity contribution in [1.29, 1.82) is 0 Å². The van der Waals surface area contributed by atoms with Crippen molar-refractivity contribution in [2.45, 2.75) is 6.92 Å². The Labute approximate surface area is 73.0 Å². The second kappa shape index (κ2) is 5.60. The molecule has 4 heteroatoms. The van der Waals surface area contributed by atoms with Crippen LogP contribution in [0.1, 0.15) is 6.92 Å². The minimum absolute atomic E-state index is 0.348. The average Bonchev–Trinajstić information content (AvgIpc) is 2.02. The highest BCUT2D eigenvalue weighted by molar-refractivity contribution is 5.87. The molecule has 0 aromatic carbocycles. The molecule has 0 aliphatic carbocycles. The van der Waals surface area contributed by atoms with Crippen molar-refractivity contribution in [2.75, 3.05) is 27.2 Å². The molecule has 12 heavy (non-hydrogen) atoms. The second-order valence-electron chi connectivity index (χ2n) is 2.79. The van der Waals surface area contributed by atoms with Crippen molar-refractivity contribution in [1.82, 2.24) is 4.90 Å². The number of rotatable bonds is 4. The first-order chi connectivity index (χ1) is 5.57. The first-order valence-corrected chi connectivity index (χ1v) is 3.78. The van der Waals surface area contributed by atoms with Crippen LogP contribution in [0, 0.1) is 0 Å². The molecule has 0 rings (SSSR count). The maximum atomic E-state index is 11.0. The van der Waals surface area contributed by atoms with Gasteiger partial charge in [0.2, 0.25) is 0 Å². The zero-order chi connectivity index (χ0) is 9.56. The van der Waals surface area contributed by atoms with Gasteiger partial charge in [0.25, 0.3) is 0 Å². The first-order valence-electron chi connectivity index (χ1n) is 3.78. The van der Waals surface area contributed by atoms with Gasteiger partial charge in [0.15, 0.2) is 0 Å². The van der Waals surface area contributed by atoms with Crippen molar-refractivity contribution in [3.8, 4) is 0 Å². The standard InChI is InChI=1S/C8H16N2O2/c1-7(6-9)8(11)12-5-4-10(2)3/h6H,4-5,9H2,1-3H3. The lowest BCUT2D eigenvalue weighted by atomic mass is 10.3. The van der Waals surface area contributed by atoms with Gasteiger partial charge >= 0.3 is 5.97 Å². The summed E-state index contributed by atoms with van der Waals surface area (Å²) >= 11 is 0. The van der Waals surface area contributed by atoms with E-state index in [0.29, 0.717) is 12.2 Å². The number of esters is 1. The second-order valence-corrected chi connectivity index (χ2v) is 2.79. The highest BCUT2D eigenvalue weighted by Crippen LogP contribution is 1.93. The highest BCUT2D eigenvalue weighted by atomic mass is 16.5. The van der Waals surface area contributed by atoms with Gasteiger partial charge in [0.05, 0.1) is 0 Å². The smallest absolute Gasteiger partial charge is 0.335 e. The molecule has 0 aliphatic rings. The number of nitrogens with zero attached hydrogens (tertiary/aromatic N) is 1. The van der Waals surface area contributed by atoms with Gasteiger partial charge in [-0.2, -0.15) is 0 Å². The molecule has 0 unspecified atom stereocenters. The van der Waals surface area contributed by atoms with Gasteiger partial charge in [-0.3, -0.25) is 0 Å². The molecule has 70 valence electrons. The molecule has 0 radical (unpaired) electrons. The lowest BCUT2D eigenvalue weighted by molar-refractivity contribution is -0.139. The number of hydrogen-bond acceptors (Lipinski definition) is 4. The van der Waals surface area contributed by atoms with Gasteiger partial charge < -0.3 is 15.4 Å². The van der Waals surface area contributed by atoms with Gasteiger partial charge in [-0.1, -0.05) is 0 Å². The summed E-state index contributed by atoms with van der Waals surface area (Å²) in [6, 6.07) is 0. The summed E-state index contributed by atoms with van der Waals surface area (Å²) in [5.74, 6) is -0.348. The fraction of sp³-hybridized carbons (Fsp3) is 0.625. The third kappa shape index (κ3) is 4.73. The van der Waals surface area contributed by atoms with Gasteiger partial charge in [-0.05, 0) is 21.0 Å². The van der Waals surface area contributed by atoms with Crippen LogP contribution < -0.4 is 5.73 Å². The maximum absolute atomic E-state index is 11.0. The van der Waals surface area contributed by atoms with Crippen LogP contribution in [0.3, 0.4) is 0 Å². The van der Waals surface area contributed by atoms with Gasteiger partial charge in [0.1, 0.15) is 6.61 Å². The first kappa shape index (κ1) is 11.0. The molecule has 0 fully saturated rings. The van der Waals surface area contributed by atoms with E-state index in [1.165, 1.54) is 6.20 Å². The minimum atomic E-state index is -0.348. The van der Waals surface area contributed by atoms with E-state index >= 15 is 0 Å². The molecule has 0 bridgehead atoms. The molecule has 2 N–H and O–H groups in total. The van der Waals surface area contributed by atoms with Gasteiger partial charge in [-0.15, -0.1) is 0 Å². The zero-order valence-electron chi connectivity index (χ0n) is 7.83. The molecule has 0 heterocycles. The largest absolute Gasteiger partial charge is 0.461 e. The summed E-state index contributed by atoms with van der Waals surface area (Å²) in [5, 5.41) is 0. The van der Waals surface area contributed by atoms with Crippen molar-refractivity contribution in [2.24, 2.45) is 5.73 Å². The van der Waals surface area contributed by atoms with E-state index in [9.17, 15) is 4.79 Å². The van der Waals surface area contributed by atoms with Crippen molar-refractivity contribution in [3.63, 3.8) is 0 Å². The van der Waals surface area contributed by atoms with E-state index in [1.54, 1.807) is 6.92 Å². The fourth-order valence-electron chi connectivity index (χ4n) is 0.503. The minimum Gasteiger partial charge on any atom is -0.461 e. The predicted molar refractivity (Wildman–Crippen MR) is 47.5 cm³/mol. The van der Waals surface area contributed by atoms with Gasteiger partial charge in [-0.25, -0.2) is 4.79 Å². The Morgan fingerprint density at radius 2 is 2.17 bits per heavy atom. The summed E-state index contributed by atoms with van der Waals surface area (Å²) in [5.41, 5.74) is 5.57. The molecule has 0 atom stereocenters. The third-order valence-electron chi connectivity index (χ3n) is 1.34. The molecule has 0 amide bonds. The fourth-order valence-corrected chi connectivity index (χ4v) is 0.503. The maximum Gasteiger partial charge on any atom is 0.335 e. The zero-order valence-corrected chi connectivity index (χ0v) is 7.83. The van der Waals surface area contributed by atoms with Crippen LogP contribution in [0.2, 0.25) is 0 Å². The van der Waals surface area contributed by atoms with E-state index in [2.05, 4.69) is 0 Å². The van der Waals surface area contributed by atoms with Crippen LogP contribution in [0.5, 0.6) is 0 Å². The highest BCUT2D eigenvalue weighted by Gasteiger charge is 2.03. The van der Waals surface area contributed by atoms with E-state index in [-0.39, 0.29) is 5.97 Å². The molecule has 0 saturated carbocycles. The lowest BCUT2D eigenvalue weighted by Gasteiger charge is -2.09. The van der Waals surface area contributed by atoms with Crippen molar-refractivity contribution in [3.05, 3.63) is 11.8 Å². The molecular weight excluding hydrogens is 156 g/mol. The van der Waals surface area contributed by atoms with Crippen molar-refractivity contribution < 1.29 is 9.53 Å².